The average Bonchev–Trinajstić information content (AvgIpc) is 3.24. The van der Waals surface area contributed by atoms with Crippen LogP contribution in [0.2, 0.25) is 0 Å². The summed E-state index contributed by atoms with van der Waals surface area (Å²) in [6.07, 6.45) is 0. The van der Waals surface area contributed by atoms with Crippen LogP contribution in [-0.2, 0) is 10.8 Å². The van der Waals surface area contributed by atoms with Gasteiger partial charge in [0.2, 0.25) is 0 Å². The minimum atomic E-state index is -2.77. The van der Waals surface area contributed by atoms with Gasteiger partial charge in [0.15, 0.2) is 58.2 Å². The molecule has 1 heterocycles. The lowest BCUT2D eigenvalue weighted by molar-refractivity contribution is 0.381. The van der Waals surface area contributed by atoms with Crippen LogP contribution in [0.3, 0.4) is 0 Å². The minimum Gasteiger partial charge on any atom is -0.302 e. The van der Waals surface area contributed by atoms with Crippen molar-refractivity contribution in [2.24, 2.45) is 0 Å². The van der Waals surface area contributed by atoms with Gasteiger partial charge in [-0.1, -0.05) is 41.5 Å². The molecule has 36 heavy (non-hydrogen) atoms. The summed E-state index contributed by atoms with van der Waals surface area (Å²) in [6, 6.07) is 1.35. The van der Waals surface area contributed by atoms with Gasteiger partial charge in [-0.3, -0.25) is 0 Å². The van der Waals surface area contributed by atoms with Crippen LogP contribution < -0.4 is 10.9 Å². The molecule has 0 aliphatic heterocycles. The molecule has 0 spiro atoms. The van der Waals surface area contributed by atoms with Crippen LogP contribution in [0.4, 0.5) is 43.9 Å². The van der Waals surface area contributed by atoms with Gasteiger partial charge in [-0.2, -0.15) is 5.10 Å². The van der Waals surface area contributed by atoms with Crippen molar-refractivity contribution in [3.8, 4) is 0 Å². The highest BCUT2D eigenvalue weighted by Crippen LogP contribution is 2.30. The van der Waals surface area contributed by atoms with E-state index in [1.165, 1.54) is 26.8 Å². The van der Waals surface area contributed by atoms with Crippen molar-refractivity contribution in [1.82, 2.24) is 9.69 Å². The first-order valence-electron chi connectivity index (χ1n) is 10.4. The number of hydrogen-bond acceptors (Lipinski definition) is 1. The molecule has 0 N–H and O–H groups in total. The van der Waals surface area contributed by atoms with Crippen molar-refractivity contribution >= 4 is 17.8 Å². The van der Waals surface area contributed by atoms with E-state index >= 15 is 0 Å². The number of halogens is 10. The molecule has 2 nitrogen and oxygen atoms in total. The third kappa shape index (κ3) is 4.26. The summed E-state index contributed by atoms with van der Waals surface area (Å²) in [7, 11) is 0. The van der Waals surface area contributed by atoms with Crippen LogP contribution in [0.1, 0.15) is 52.9 Å². The number of benzene rings is 2. The quantitative estimate of drug-likeness (QED) is 0.191. The van der Waals surface area contributed by atoms with E-state index in [2.05, 4.69) is 5.10 Å². The Hall–Kier alpha value is -2.99. The van der Waals surface area contributed by atoms with Crippen LogP contribution in [0, 0.1) is 58.2 Å². The number of rotatable bonds is 3. The molecule has 0 aliphatic rings. The van der Waals surface area contributed by atoms with Crippen LogP contribution in [0.15, 0.2) is 6.07 Å². The Bertz CT molecular complexity index is 1240. The lowest BCUT2D eigenvalue weighted by Crippen LogP contribution is -2.57. The maximum Gasteiger partial charge on any atom is 0.361 e. The lowest BCUT2D eigenvalue weighted by atomic mass is 9.49. The Balaban J connectivity index is 2.64. The van der Waals surface area contributed by atoms with E-state index in [4.69, 9.17) is 0 Å². The molecule has 3 aromatic rings. The summed E-state index contributed by atoms with van der Waals surface area (Å²) in [5, 5.41) is 4.10. The van der Waals surface area contributed by atoms with Crippen LogP contribution >= 0.6 is 0 Å². The van der Waals surface area contributed by atoms with Crippen molar-refractivity contribution in [1.29, 1.82) is 0 Å². The minimum absolute atomic E-state index is 0.0506. The predicted molar refractivity (Wildman–Crippen MR) is 113 cm³/mol. The molecule has 2 aromatic carbocycles. The summed E-state index contributed by atoms with van der Waals surface area (Å²) >= 11 is 0. The Kier molecular flexibility index (Phi) is 6.78. The molecule has 0 saturated heterocycles. The normalized spacial score (nSPS) is 12.4. The molecule has 3 rings (SSSR count). The van der Waals surface area contributed by atoms with Crippen LogP contribution in [0.5, 0.6) is 0 Å². The molecule has 0 saturated carbocycles. The molecule has 13 heteroatoms. The number of nitrogens with zero attached hydrogens (tertiary/aromatic N) is 2. The van der Waals surface area contributed by atoms with Crippen molar-refractivity contribution in [2.45, 2.75) is 52.4 Å². The standard InChI is InChI=1S/C23H19BF10N2/c1-22(2,3)8-7-9(23(4,5)6)36(35-8)24(10-12(25)16(29)20(33)17(30)13(10)26)11-14(27)18(31)21(34)19(32)15(11)28/h7H,1-6H3. The zero-order valence-corrected chi connectivity index (χ0v) is 19.8. The van der Waals surface area contributed by atoms with E-state index in [9.17, 15) is 43.9 Å². The zero-order valence-electron chi connectivity index (χ0n) is 19.8. The Morgan fingerprint density at radius 2 is 0.833 bits per heavy atom. The average molecular weight is 524 g/mol. The van der Waals surface area contributed by atoms with Crippen molar-refractivity contribution in [3.05, 3.63) is 75.6 Å². The van der Waals surface area contributed by atoms with E-state index in [0.717, 1.165) is 0 Å². The van der Waals surface area contributed by atoms with Gasteiger partial charge in [0.05, 0.1) is 5.69 Å². The van der Waals surface area contributed by atoms with E-state index in [0.29, 0.717) is 4.59 Å². The molecule has 0 radical (unpaired) electrons. The van der Waals surface area contributed by atoms with E-state index in [1.54, 1.807) is 20.8 Å². The maximum atomic E-state index is 15.0. The van der Waals surface area contributed by atoms with Crippen molar-refractivity contribution in [3.63, 3.8) is 0 Å². The van der Waals surface area contributed by atoms with Gasteiger partial charge in [0, 0.05) is 27.4 Å². The molecular formula is C23H19BF10N2. The summed E-state index contributed by atoms with van der Waals surface area (Å²) in [5.74, 6) is -25.1. The molecule has 0 amide bonds. The third-order valence-corrected chi connectivity index (χ3v) is 5.55. The zero-order chi connectivity index (χ0) is 27.7. The summed E-state index contributed by atoms with van der Waals surface area (Å²) in [5.41, 5.74) is -5.46. The second kappa shape index (κ2) is 8.84. The van der Waals surface area contributed by atoms with Crippen molar-refractivity contribution < 1.29 is 43.9 Å². The second-order valence-electron chi connectivity index (χ2n) is 10.2. The van der Waals surface area contributed by atoms with Gasteiger partial charge in [-0.05, 0) is 6.07 Å². The predicted octanol–water partition coefficient (Wildman–Crippen LogP) is 5.52. The molecule has 0 atom stereocenters. The highest BCUT2D eigenvalue weighted by molar-refractivity contribution is 6.84. The van der Waals surface area contributed by atoms with Gasteiger partial charge < -0.3 is 4.59 Å². The SMILES string of the molecule is CC(C)(C)c1cc(C(C)(C)C)n(B(c2c(F)c(F)c(F)c(F)c2F)c2c(F)c(F)c(F)c(F)c2F)n1. The molecule has 0 bridgehead atoms. The molecule has 194 valence electrons. The molecular weight excluding hydrogens is 505 g/mol. The van der Waals surface area contributed by atoms with Gasteiger partial charge >= 0.3 is 6.85 Å². The smallest absolute Gasteiger partial charge is 0.302 e. The summed E-state index contributed by atoms with van der Waals surface area (Å²) < 4.78 is 145. The molecule has 0 fully saturated rings. The molecule has 1 aromatic heterocycles. The lowest BCUT2D eigenvalue weighted by Gasteiger charge is -2.26. The molecule has 0 unspecified atom stereocenters. The first-order chi connectivity index (χ1) is 16.3. The number of hydrogen-bond donors (Lipinski definition) is 0. The van der Waals surface area contributed by atoms with Gasteiger partial charge in [-0.15, -0.1) is 0 Å². The van der Waals surface area contributed by atoms with E-state index < -0.39 is 86.8 Å². The van der Waals surface area contributed by atoms with Crippen molar-refractivity contribution in [2.75, 3.05) is 0 Å². The Labute approximate surface area is 200 Å². The summed E-state index contributed by atoms with van der Waals surface area (Å²) in [6.45, 7) is 6.72. The fourth-order valence-corrected chi connectivity index (χ4v) is 3.63. The first kappa shape index (κ1) is 27.6. The van der Waals surface area contributed by atoms with Gasteiger partial charge in [0.25, 0.3) is 0 Å². The van der Waals surface area contributed by atoms with Crippen LogP contribution in [-0.4, -0.2) is 16.5 Å². The second-order valence-corrected chi connectivity index (χ2v) is 10.2. The fourth-order valence-electron chi connectivity index (χ4n) is 3.63. The van der Waals surface area contributed by atoms with E-state index in [1.807, 2.05) is 0 Å². The third-order valence-electron chi connectivity index (χ3n) is 5.55. The Morgan fingerprint density at radius 3 is 1.11 bits per heavy atom. The largest absolute Gasteiger partial charge is 0.361 e. The van der Waals surface area contributed by atoms with Gasteiger partial charge in [0.1, 0.15) is 0 Å². The fraction of sp³-hybridized carbons (Fsp3) is 0.348. The molecule has 0 aliphatic carbocycles. The van der Waals surface area contributed by atoms with Crippen LogP contribution in [0.25, 0.3) is 0 Å². The topological polar surface area (TPSA) is 17.8 Å². The number of aromatic nitrogens is 2. The Morgan fingerprint density at radius 1 is 0.528 bits per heavy atom. The highest BCUT2D eigenvalue weighted by atomic mass is 19.2. The summed E-state index contributed by atoms with van der Waals surface area (Å²) in [4.78, 5) is 0. The first-order valence-corrected chi connectivity index (χ1v) is 10.4. The van der Waals surface area contributed by atoms with E-state index in [-0.39, 0.29) is 11.4 Å². The van der Waals surface area contributed by atoms with Gasteiger partial charge in [-0.25, -0.2) is 43.9 Å². The maximum absolute atomic E-state index is 15.0. The monoisotopic (exact) mass is 524 g/mol. The highest BCUT2D eigenvalue weighted by Gasteiger charge is 2.44.